The van der Waals surface area contributed by atoms with Crippen LogP contribution in [0.25, 0.3) is 0 Å². The molecule has 0 atom stereocenters. The fourth-order valence-corrected chi connectivity index (χ4v) is 2.55. The van der Waals surface area contributed by atoms with Crippen molar-refractivity contribution in [3.8, 4) is 5.75 Å². The minimum atomic E-state index is -0.446. The van der Waals surface area contributed by atoms with Crippen molar-refractivity contribution < 1.29 is 9.66 Å². The summed E-state index contributed by atoms with van der Waals surface area (Å²) < 4.78 is 6.21. The lowest BCUT2D eigenvalue weighted by atomic mass is 10.0. The van der Waals surface area contributed by atoms with Gasteiger partial charge in [-0.1, -0.05) is 28.8 Å². The Bertz CT molecular complexity index is 459. The molecule has 0 saturated heterocycles. The number of rotatable bonds is 4. The van der Waals surface area contributed by atoms with Gasteiger partial charge in [0.15, 0.2) is 5.75 Å². The summed E-state index contributed by atoms with van der Waals surface area (Å²) in [6.45, 7) is 0.329. The summed E-state index contributed by atoms with van der Waals surface area (Å²) in [5.41, 5.74) is 5.79. The van der Waals surface area contributed by atoms with Crippen molar-refractivity contribution >= 4 is 21.6 Å². The molecular weight excluding hydrogens is 300 g/mol. The average molecular weight is 315 g/mol. The first-order chi connectivity index (χ1) is 8.50. The molecule has 1 aromatic rings. The number of benzene rings is 1. The van der Waals surface area contributed by atoms with Gasteiger partial charge in [-0.2, -0.15) is 0 Å². The molecule has 6 heteroatoms. The van der Waals surface area contributed by atoms with Crippen LogP contribution in [0.5, 0.6) is 5.75 Å². The van der Waals surface area contributed by atoms with Gasteiger partial charge in [0.1, 0.15) is 6.61 Å². The highest BCUT2D eigenvalue weighted by Crippen LogP contribution is 2.33. The Balaban J connectivity index is 2.11. The molecule has 1 saturated carbocycles. The maximum Gasteiger partial charge on any atom is 0.312 e. The summed E-state index contributed by atoms with van der Waals surface area (Å²) >= 11 is 3.21. The van der Waals surface area contributed by atoms with Gasteiger partial charge in [0, 0.05) is 10.5 Å². The standard InChI is InChI=1S/C12H15BrN2O3/c13-9-3-4-11(10(7-9)15(16)17)18-8-12(14)5-1-2-6-12/h3-4,7H,1-2,5-6,8,14H2. The summed E-state index contributed by atoms with van der Waals surface area (Å²) in [6.07, 6.45) is 4.03. The molecule has 0 unspecified atom stereocenters. The van der Waals surface area contributed by atoms with Crippen LogP contribution in [-0.4, -0.2) is 17.1 Å². The van der Waals surface area contributed by atoms with E-state index in [1.165, 1.54) is 6.07 Å². The summed E-state index contributed by atoms with van der Waals surface area (Å²) in [7, 11) is 0. The topological polar surface area (TPSA) is 78.4 Å². The molecule has 2 N–H and O–H groups in total. The molecule has 0 aromatic heterocycles. The van der Waals surface area contributed by atoms with Gasteiger partial charge in [0.2, 0.25) is 0 Å². The third kappa shape index (κ3) is 3.00. The monoisotopic (exact) mass is 314 g/mol. The van der Waals surface area contributed by atoms with Crippen molar-refractivity contribution in [1.82, 2.24) is 0 Å². The molecule has 0 bridgehead atoms. The van der Waals surface area contributed by atoms with Gasteiger partial charge in [0.05, 0.1) is 10.5 Å². The van der Waals surface area contributed by atoms with E-state index < -0.39 is 4.92 Å². The van der Waals surface area contributed by atoms with Crippen LogP contribution in [0.1, 0.15) is 25.7 Å². The SMILES string of the molecule is NC1(COc2ccc(Br)cc2[N+](=O)[O-])CCCC1. The molecule has 0 aliphatic heterocycles. The first-order valence-electron chi connectivity index (χ1n) is 5.86. The van der Waals surface area contributed by atoms with Crippen molar-refractivity contribution in [3.05, 3.63) is 32.8 Å². The number of nitro benzene ring substituents is 1. The van der Waals surface area contributed by atoms with Crippen LogP contribution >= 0.6 is 15.9 Å². The molecule has 0 amide bonds. The Morgan fingerprint density at radius 2 is 2.11 bits per heavy atom. The van der Waals surface area contributed by atoms with Crippen LogP contribution < -0.4 is 10.5 Å². The third-order valence-electron chi connectivity index (χ3n) is 3.23. The van der Waals surface area contributed by atoms with E-state index in [0.717, 1.165) is 25.7 Å². The maximum atomic E-state index is 10.9. The van der Waals surface area contributed by atoms with Crippen LogP contribution in [0.3, 0.4) is 0 Å². The highest BCUT2D eigenvalue weighted by atomic mass is 79.9. The van der Waals surface area contributed by atoms with Crippen LogP contribution in [0.4, 0.5) is 5.69 Å². The molecule has 1 aliphatic rings. The fourth-order valence-electron chi connectivity index (χ4n) is 2.20. The maximum absolute atomic E-state index is 10.9. The largest absolute Gasteiger partial charge is 0.485 e. The van der Waals surface area contributed by atoms with Crippen LogP contribution in [0.2, 0.25) is 0 Å². The zero-order valence-corrected chi connectivity index (χ0v) is 11.5. The summed E-state index contributed by atoms with van der Waals surface area (Å²) in [6, 6.07) is 4.76. The lowest BCUT2D eigenvalue weighted by Gasteiger charge is -2.23. The Hall–Kier alpha value is -1.14. The Morgan fingerprint density at radius 1 is 1.44 bits per heavy atom. The van der Waals surface area contributed by atoms with Gasteiger partial charge in [-0.3, -0.25) is 10.1 Å². The van der Waals surface area contributed by atoms with Gasteiger partial charge < -0.3 is 10.5 Å². The number of ether oxygens (including phenoxy) is 1. The predicted octanol–water partition coefficient (Wildman–Crippen LogP) is 3.01. The molecule has 1 fully saturated rings. The van der Waals surface area contributed by atoms with Gasteiger partial charge in [-0.25, -0.2) is 0 Å². The first kappa shape index (κ1) is 13.3. The predicted molar refractivity (Wildman–Crippen MR) is 71.7 cm³/mol. The number of hydrogen-bond acceptors (Lipinski definition) is 4. The van der Waals surface area contributed by atoms with E-state index in [2.05, 4.69) is 15.9 Å². The lowest BCUT2D eigenvalue weighted by molar-refractivity contribution is -0.386. The molecule has 1 aromatic carbocycles. The van der Waals surface area contributed by atoms with Gasteiger partial charge in [0.25, 0.3) is 0 Å². The number of nitro groups is 1. The van der Waals surface area contributed by atoms with Gasteiger partial charge in [-0.05, 0) is 25.0 Å². The number of nitrogens with zero attached hydrogens (tertiary/aromatic N) is 1. The number of nitrogens with two attached hydrogens (primary N) is 1. The third-order valence-corrected chi connectivity index (χ3v) is 3.73. The average Bonchev–Trinajstić information content (AvgIpc) is 2.75. The van der Waals surface area contributed by atoms with Gasteiger partial charge >= 0.3 is 5.69 Å². The van der Waals surface area contributed by atoms with Crippen molar-refractivity contribution in [2.75, 3.05) is 6.61 Å². The van der Waals surface area contributed by atoms with E-state index >= 15 is 0 Å². The van der Waals surface area contributed by atoms with Crippen molar-refractivity contribution in [2.24, 2.45) is 5.73 Å². The van der Waals surface area contributed by atoms with Crippen molar-refractivity contribution in [3.63, 3.8) is 0 Å². The number of hydrogen-bond donors (Lipinski definition) is 1. The number of halogens is 1. The normalized spacial score (nSPS) is 17.7. The molecule has 0 spiro atoms. The highest BCUT2D eigenvalue weighted by molar-refractivity contribution is 9.10. The molecule has 0 heterocycles. The minimum absolute atomic E-state index is 0.0361. The summed E-state index contributed by atoms with van der Waals surface area (Å²) in [4.78, 5) is 10.5. The van der Waals surface area contributed by atoms with Crippen molar-refractivity contribution in [2.45, 2.75) is 31.2 Å². The van der Waals surface area contributed by atoms with Gasteiger partial charge in [-0.15, -0.1) is 0 Å². The van der Waals surface area contributed by atoms with E-state index in [9.17, 15) is 10.1 Å². The second-order valence-corrected chi connectivity index (χ2v) is 5.64. The Morgan fingerprint density at radius 3 is 2.72 bits per heavy atom. The lowest BCUT2D eigenvalue weighted by Crippen LogP contribution is -2.42. The van der Waals surface area contributed by atoms with E-state index in [-0.39, 0.29) is 17.0 Å². The zero-order valence-electron chi connectivity index (χ0n) is 9.89. The molecule has 0 radical (unpaired) electrons. The second-order valence-electron chi connectivity index (χ2n) is 4.73. The Kier molecular flexibility index (Phi) is 3.87. The summed E-state index contributed by atoms with van der Waals surface area (Å²) in [5, 5.41) is 10.9. The smallest absolute Gasteiger partial charge is 0.312 e. The molecule has 18 heavy (non-hydrogen) atoms. The highest BCUT2D eigenvalue weighted by Gasteiger charge is 2.31. The van der Waals surface area contributed by atoms with E-state index in [1.54, 1.807) is 12.1 Å². The summed E-state index contributed by atoms with van der Waals surface area (Å²) in [5.74, 6) is 0.278. The minimum Gasteiger partial charge on any atom is -0.485 e. The molecular formula is C12H15BrN2O3. The van der Waals surface area contributed by atoms with E-state index in [1.807, 2.05) is 0 Å². The fraction of sp³-hybridized carbons (Fsp3) is 0.500. The van der Waals surface area contributed by atoms with Crippen LogP contribution in [-0.2, 0) is 0 Å². The van der Waals surface area contributed by atoms with E-state index in [4.69, 9.17) is 10.5 Å². The molecule has 98 valence electrons. The van der Waals surface area contributed by atoms with E-state index in [0.29, 0.717) is 11.1 Å². The van der Waals surface area contributed by atoms with Crippen LogP contribution in [0.15, 0.2) is 22.7 Å². The molecule has 1 aliphatic carbocycles. The second kappa shape index (κ2) is 5.24. The molecule has 5 nitrogen and oxygen atoms in total. The molecule has 2 rings (SSSR count). The van der Waals surface area contributed by atoms with Crippen molar-refractivity contribution in [1.29, 1.82) is 0 Å². The van der Waals surface area contributed by atoms with Crippen LogP contribution in [0, 0.1) is 10.1 Å². The zero-order chi connectivity index (χ0) is 13.2. The quantitative estimate of drug-likeness (QED) is 0.684. The Labute approximate surface area is 114 Å². The first-order valence-corrected chi connectivity index (χ1v) is 6.65.